The fourth-order valence-corrected chi connectivity index (χ4v) is 1.69. The van der Waals surface area contributed by atoms with Crippen LogP contribution in [0.4, 0.5) is 14.5 Å². The largest absolute Gasteiger partial charge is 0.497 e. The smallest absolute Gasteiger partial charge is 0.128 e. The van der Waals surface area contributed by atoms with Crippen molar-refractivity contribution in [3.63, 3.8) is 0 Å². The summed E-state index contributed by atoms with van der Waals surface area (Å²) in [6.07, 6.45) is 3.30. The third-order valence-corrected chi connectivity index (χ3v) is 2.67. The minimum atomic E-state index is -0.694. The highest BCUT2D eigenvalue weighted by Gasteiger charge is 1.99. The van der Waals surface area contributed by atoms with Crippen LogP contribution >= 0.6 is 0 Å². The van der Waals surface area contributed by atoms with E-state index in [1.807, 2.05) is 24.3 Å². The minimum Gasteiger partial charge on any atom is -0.497 e. The van der Waals surface area contributed by atoms with E-state index in [1.54, 1.807) is 19.3 Å². The summed E-state index contributed by atoms with van der Waals surface area (Å²) in [7, 11) is 1.59. The lowest BCUT2D eigenvalue weighted by Gasteiger charge is -1.99. The van der Waals surface area contributed by atoms with Gasteiger partial charge in [0.1, 0.15) is 23.2 Å². The molecule has 0 amide bonds. The number of aliphatic imine (C=N–C) groups is 1. The molecule has 0 aliphatic heterocycles. The number of methoxy groups -OCH3 is 1. The van der Waals surface area contributed by atoms with Crippen molar-refractivity contribution in [3.05, 3.63) is 65.7 Å². The quantitative estimate of drug-likeness (QED) is 0.689. The Hall–Kier alpha value is -2.69. The van der Waals surface area contributed by atoms with Crippen LogP contribution in [-0.2, 0) is 0 Å². The topological polar surface area (TPSA) is 47.6 Å². The zero-order valence-electron chi connectivity index (χ0n) is 11.4. The number of ether oxygens (including phenoxy) is 1. The molecule has 0 fully saturated rings. The predicted octanol–water partition coefficient (Wildman–Crippen LogP) is 3.68. The van der Waals surface area contributed by atoms with Crippen LogP contribution in [0.1, 0.15) is 5.56 Å². The van der Waals surface area contributed by atoms with Gasteiger partial charge in [-0.3, -0.25) is 0 Å². The molecule has 0 saturated heterocycles. The van der Waals surface area contributed by atoms with Crippen molar-refractivity contribution in [1.29, 1.82) is 0 Å². The maximum Gasteiger partial charge on any atom is 0.128 e. The van der Waals surface area contributed by atoms with Crippen LogP contribution in [0.25, 0.3) is 6.08 Å². The Morgan fingerprint density at radius 3 is 2.29 bits per heavy atom. The number of amidine groups is 1. The van der Waals surface area contributed by atoms with Gasteiger partial charge in [0.05, 0.1) is 12.8 Å². The molecular formula is C16H14F2N2O. The molecule has 0 atom stereocenters. The number of nitrogens with zero attached hydrogens (tertiary/aromatic N) is 1. The lowest BCUT2D eigenvalue weighted by atomic mass is 10.2. The number of hydrogen-bond donors (Lipinski definition) is 1. The van der Waals surface area contributed by atoms with E-state index in [2.05, 4.69) is 4.99 Å². The summed E-state index contributed by atoms with van der Waals surface area (Å²) in [5.41, 5.74) is 6.73. The van der Waals surface area contributed by atoms with Crippen LogP contribution in [0.15, 0.2) is 53.5 Å². The maximum atomic E-state index is 13.0. The molecule has 0 saturated carbocycles. The van der Waals surface area contributed by atoms with Gasteiger partial charge in [-0.1, -0.05) is 18.2 Å². The number of rotatable bonds is 4. The zero-order chi connectivity index (χ0) is 15.2. The lowest BCUT2D eigenvalue weighted by molar-refractivity contribution is 0.415. The summed E-state index contributed by atoms with van der Waals surface area (Å²) in [6.45, 7) is 0. The molecule has 2 aromatic rings. The van der Waals surface area contributed by atoms with E-state index in [9.17, 15) is 8.78 Å². The summed E-state index contributed by atoms with van der Waals surface area (Å²) in [6, 6.07) is 10.3. The van der Waals surface area contributed by atoms with Crippen molar-refractivity contribution >= 4 is 17.6 Å². The molecule has 2 N–H and O–H groups in total. The van der Waals surface area contributed by atoms with E-state index in [1.165, 1.54) is 0 Å². The fourth-order valence-electron chi connectivity index (χ4n) is 1.69. The Balaban J connectivity index is 2.13. The van der Waals surface area contributed by atoms with Crippen LogP contribution < -0.4 is 10.5 Å². The van der Waals surface area contributed by atoms with Crippen molar-refractivity contribution < 1.29 is 13.5 Å². The first-order valence-electron chi connectivity index (χ1n) is 6.19. The maximum absolute atomic E-state index is 13.0. The van der Waals surface area contributed by atoms with Gasteiger partial charge in [0, 0.05) is 6.07 Å². The van der Waals surface area contributed by atoms with Gasteiger partial charge in [-0.2, -0.15) is 0 Å². The molecule has 0 radical (unpaired) electrons. The van der Waals surface area contributed by atoms with Crippen LogP contribution in [0.5, 0.6) is 5.75 Å². The predicted molar refractivity (Wildman–Crippen MR) is 79.7 cm³/mol. The van der Waals surface area contributed by atoms with Crippen molar-refractivity contribution in [2.24, 2.45) is 10.7 Å². The number of halogens is 2. The minimum absolute atomic E-state index is 0.129. The highest BCUT2D eigenvalue weighted by Crippen LogP contribution is 2.16. The standard InChI is InChI=1S/C16H14F2N2O/c1-21-15-5-2-11(3-6-15)4-7-16(19)20-14-9-12(17)8-13(18)10-14/h2-10H,1H3,(H2,19,20). The van der Waals surface area contributed by atoms with Gasteiger partial charge in [0.2, 0.25) is 0 Å². The first-order valence-corrected chi connectivity index (χ1v) is 6.19. The van der Waals surface area contributed by atoms with Crippen LogP contribution in [0, 0.1) is 11.6 Å². The Labute approximate surface area is 121 Å². The zero-order valence-corrected chi connectivity index (χ0v) is 11.4. The second-order valence-corrected chi connectivity index (χ2v) is 4.27. The molecule has 2 rings (SSSR count). The lowest BCUT2D eigenvalue weighted by Crippen LogP contribution is -2.06. The van der Waals surface area contributed by atoms with Gasteiger partial charge < -0.3 is 10.5 Å². The average molecular weight is 288 g/mol. The van der Waals surface area contributed by atoms with Crippen molar-refractivity contribution in [2.45, 2.75) is 0 Å². The SMILES string of the molecule is COc1ccc(C=CC(N)=Nc2cc(F)cc(F)c2)cc1. The molecule has 0 unspecified atom stereocenters. The van der Waals surface area contributed by atoms with E-state index in [-0.39, 0.29) is 11.5 Å². The average Bonchev–Trinajstić information content (AvgIpc) is 2.44. The van der Waals surface area contributed by atoms with E-state index < -0.39 is 11.6 Å². The normalized spacial score (nSPS) is 11.9. The van der Waals surface area contributed by atoms with Crippen LogP contribution in [0.2, 0.25) is 0 Å². The van der Waals surface area contributed by atoms with Gasteiger partial charge in [-0.15, -0.1) is 0 Å². The molecule has 0 bridgehead atoms. The molecule has 0 aliphatic rings. The monoisotopic (exact) mass is 288 g/mol. The van der Waals surface area contributed by atoms with Crippen molar-refractivity contribution in [2.75, 3.05) is 7.11 Å². The molecule has 0 heterocycles. The first kappa shape index (κ1) is 14.7. The van der Waals surface area contributed by atoms with Gasteiger partial charge in [-0.25, -0.2) is 13.8 Å². The van der Waals surface area contributed by atoms with E-state index in [0.29, 0.717) is 0 Å². The van der Waals surface area contributed by atoms with Gasteiger partial charge in [0.25, 0.3) is 0 Å². The van der Waals surface area contributed by atoms with Crippen molar-refractivity contribution in [3.8, 4) is 5.75 Å². The van der Waals surface area contributed by atoms with E-state index in [4.69, 9.17) is 10.5 Å². The summed E-state index contributed by atoms with van der Waals surface area (Å²) >= 11 is 0. The second-order valence-electron chi connectivity index (χ2n) is 4.27. The van der Waals surface area contributed by atoms with Crippen LogP contribution in [-0.4, -0.2) is 12.9 Å². The second kappa shape index (κ2) is 6.65. The fraction of sp³-hybridized carbons (Fsp3) is 0.0625. The third-order valence-electron chi connectivity index (χ3n) is 2.67. The summed E-state index contributed by atoms with van der Waals surface area (Å²) in [5.74, 6) is -0.485. The molecule has 0 spiro atoms. The molecule has 5 heteroatoms. The Kier molecular flexibility index (Phi) is 4.66. The Morgan fingerprint density at radius 1 is 1.10 bits per heavy atom. The number of hydrogen-bond acceptors (Lipinski definition) is 2. The first-order chi connectivity index (χ1) is 10.1. The van der Waals surface area contributed by atoms with Gasteiger partial charge in [0.15, 0.2) is 0 Å². The molecule has 0 aromatic heterocycles. The summed E-state index contributed by atoms with van der Waals surface area (Å²) in [5, 5.41) is 0. The highest BCUT2D eigenvalue weighted by molar-refractivity contribution is 5.96. The summed E-state index contributed by atoms with van der Waals surface area (Å²) < 4.78 is 31.1. The Morgan fingerprint density at radius 2 is 1.71 bits per heavy atom. The summed E-state index contributed by atoms with van der Waals surface area (Å²) in [4.78, 5) is 3.93. The Bertz CT molecular complexity index is 659. The van der Waals surface area contributed by atoms with Crippen LogP contribution in [0.3, 0.4) is 0 Å². The van der Waals surface area contributed by atoms with E-state index >= 15 is 0 Å². The van der Waals surface area contributed by atoms with Crippen molar-refractivity contribution in [1.82, 2.24) is 0 Å². The molecule has 108 valence electrons. The van der Waals surface area contributed by atoms with E-state index in [0.717, 1.165) is 29.5 Å². The molecule has 2 aromatic carbocycles. The molecule has 3 nitrogen and oxygen atoms in total. The molecule has 21 heavy (non-hydrogen) atoms. The molecule has 0 aliphatic carbocycles. The van der Waals surface area contributed by atoms with Gasteiger partial charge in [-0.05, 0) is 35.9 Å². The number of nitrogens with two attached hydrogens (primary N) is 1. The molecular weight excluding hydrogens is 274 g/mol. The third kappa shape index (κ3) is 4.42. The number of benzene rings is 2. The highest BCUT2D eigenvalue weighted by atomic mass is 19.1. The van der Waals surface area contributed by atoms with Gasteiger partial charge >= 0.3 is 0 Å².